The molecule has 2 aromatic heterocycles. The van der Waals surface area contributed by atoms with E-state index in [0.717, 1.165) is 16.0 Å². The van der Waals surface area contributed by atoms with Gasteiger partial charge in [-0.25, -0.2) is 4.79 Å². The summed E-state index contributed by atoms with van der Waals surface area (Å²) in [6.45, 7) is 0.823. The van der Waals surface area contributed by atoms with Crippen molar-refractivity contribution in [3.05, 3.63) is 56.3 Å². The van der Waals surface area contributed by atoms with Crippen LogP contribution in [0.3, 0.4) is 0 Å². The van der Waals surface area contributed by atoms with Crippen LogP contribution in [0.1, 0.15) is 11.1 Å². The minimum Gasteiger partial charge on any atom is -0.467 e. The minimum atomic E-state index is -0.519. The van der Waals surface area contributed by atoms with E-state index >= 15 is 0 Å². The van der Waals surface area contributed by atoms with Gasteiger partial charge in [0.2, 0.25) is 0 Å². The van der Waals surface area contributed by atoms with Crippen LogP contribution in [0.25, 0.3) is 10.8 Å². The molecule has 0 N–H and O–H groups in total. The standard InChI is InChI=1S/C15H11ClN2O4S/c16-11-4-9(13-10(5-11)7-20-8-21-13)6-18-15(19)22-14(17-18)12-2-1-3-23-12/h1-5H,6-8H2. The second-order valence-electron chi connectivity index (χ2n) is 4.97. The van der Waals surface area contributed by atoms with Crippen molar-refractivity contribution in [2.45, 2.75) is 13.2 Å². The molecule has 0 atom stereocenters. The molecule has 3 aromatic rings. The van der Waals surface area contributed by atoms with Crippen LogP contribution in [0, 0.1) is 0 Å². The highest BCUT2D eigenvalue weighted by atomic mass is 35.5. The summed E-state index contributed by atoms with van der Waals surface area (Å²) in [6.07, 6.45) is 0. The van der Waals surface area contributed by atoms with Gasteiger partial charge < -0.3 is 13.9 Å². The Kier molecular flexibility index (Phi) is 3.68. The molecule has 1 aliphatic heterocycles. The molecule has 0 unspecified atom stereocenters. The number of thiophene rings is 1. The zero-order chi connectivity index (χ0) is 15.8. The maximum atomic E-state index is 12.0. The molecule has 118 valence electrons. The Bertz CT molecular complexity index is 901. The van der Waals surface area contributed by atoms with E-state index in [9.17, 15) is 4.79 Å². The molecule has 23 heavy (non-hydrogen) atoms. The zero-order valence-corrected chi connectivity index (χ0v) is 13.4. The van der Waals surface area contributed by atoms with E-state index in [4.69, 9.17) is 25.5 Å². The smallest absolute Gasteiger partial charge is 0.437 e. The average molecular weight is 351 g/mol. The molecule has 0 bridgehead atoms. The van der Waals surface area contributed by atoms with Crippen molar-refractivity contribution in [2.75, 3.05) is 6.79 Å². The van der Waals surface area contributed by atoms with Crippen LogP contribution in [0.15, 0.2) is 38.9 Å². The number of nitrogens with zero attached hydrogens (tertiary/aromatic N) is 2. The molecule has 0 saturated heterocycles. The van der Waals surface area contributed by atoms with E-state index in [1.165, 1.54) is 16.0 Å². The van der Waals surface area contributed by atoms with E-state index in [2.05, 4.69) is 5.10 Å². The fourth-order valence-electron chi connectivity index (χ4n) is 2.44. The summed E-state index contributed by atoms with van der Waals surface area (Å²) in [6, 6.07) is 7.28. The molecule has 8 heteroatoms. The lowest BCUT2D eigenvalue weighted by molar-refractivity contribution is -0.0171. The van der Waals surface area contributed by atoms with Crippen LogP contribution >= 0.6 is 22.9 Å². The van der Waals surface area contributed by atoms with Crippen molar-refractivity contribution in [1.29, 1.82) is 0 Å². The number of benzene rings is 1. The molecule has 0 amide bonds. The van der Waals surface area contributed by atoms with E-state index in [-0.39, 0.29) is 13.3 Å². The molecular formula is C15H11ClN2O4S. The lowest BCUT2D eigenvalue weighted by atomic mass is 10.1. The fourth-order valence-corrected chi connectivity index (χ4v) is 3.35. The van der Waals surface area contributed by atoms with Gasteiger partial charge in [0.25, 0.3) is 5.89 Å². The molecule has 0 radical (unpaired) electrons. The summed E-state index contributed by atoms with van der Waals surface area (Å²) in [7, 11) is 0. The van der Waals surface area contributed by atoms with Crippen LogP contribution < -0.4 is 10.5 Å². The minimum absolute atomic E-state index is 0.176. The molecule has 0 spiro atoms. The number of halogens is 1. The van der Waals surface area contributed by atoms with Crippen LogP contribution in [-0.4, -0.2) is 16.6 Å². The summed E-state index contributed by atoms with van der Waals surface area (Å²) in [5, 5.41) is 6.70. The lowest BCUT2D eigenvalue weighted by Crippen LogP contribution is -2.19. The van der Waals surface area contributed by atoms with Crippen LogP contribution in [0.4, 0.5) is 0 Å². The van der Waals surface area contributed by atoms with Gasteiger partial charge in [-0.2, -0.15) is 4.68 Å². The van der Waals surface area contributed by atoms with Crippen molar-refractivity contribution in [3.8, 4) is 16.5 Å². The molecule has 0 fully saturated rings. The third kappa shape index (κ3) is 2.78. The van der Waals surface area contributed by atoms with Gasteiger partial charge >= 0.3 is 5.76 Å². The van der Waals surface area contributed by atoms with E-state index in [1.807, 2.05) is 17.5 Å². The maximum absolute atomic E-state index is 12.0. The third-order valence-corrected chi connectivity index (χ3v) is 4.49. The number of hydrogen-bond donors (Lipinski definition) is 0. The van der Waals surface area contributed by atoms with Crippen LogP contribution in [-0.2, 0) is 17.9 Å². The number of aromatic nitrogens is 2. The monoisotopic (exact) mass is 350 g/mol. The molecule has 1 aromatic carbocycles. The van der Waals surface area contributed by atoms with Crippen molar-refractivity contribution in [1.82, 2.24) is 9.78 Å². The first kappa shape index (κ1) is 14.5. The molecule has 6 nitrogen and oxygen atoms in total. The number of rotatable bonds is 3. The van der Waals surface area contributed by atoms with Crippen molar-refractivity contribution < 1.29 is 13.9 Å². The third-order valence-electron chi connectivity index (χ3n) is 3.41. The Labute approximate surface area is 139 Å². The van der Waals surface area contributed by atoms with Gasteiger partial charge in [-0.05, 0) is 23.6 Å². The summed E-state index contributed by atoms with van der Waals surface area (Å²) in [5.74, 6) is 0.479. The normalized spacial score (nSPS) is 13.6. The molecular weight excluding hydrogens is 340 g/mol. The van der Waals surface area contributed by atoms with Gasteiger partial charge in [-0.3, -0.25) is 0 Å². The Balaban J connectivity index is 1.71. The second kappa shape index (κ2) is 5.84. The lowest BCUT2D eigenvalue weighted by Gasteiger charge is -2.20. The Morgan fingerprint density at radius 2 is 2.30 bits per heavy atom. The van der Waals surface area contributed by atoms with Crippen LogP contribution in [0.2, 0.25) is 5.02 Å². The SMILES string of the molecule is O=c1oc(-c2cccs2)nn1Cc1cc(Cl)cc2c1OCOC2. The van der Waals surface area contributed by atoms with Gasteiger partial charge in [-0.1, -0.05) is 17.7 Å². The summed E-state index contributed by atoms with van der Waals surface area (Å²) in [4.78, 5) is 12.8. The molecule has 3 heterocycles. The summed E-state index contributed by atoms with van der Waals surface area (Å²) < 4.78 is 17.3. The average Bonchev–Trinajstić information content (AvgIpc) is 3.17. The Morgan fingerprint density at radius 1 is 1.39 bits per heavy atom. The molecule has 0 aliphatic carbocycles. The van der Waals surface area contributed by atoms with Gasteiger partial charge in [0.05, 0.1) is 18.0 Å². The van der Waals surface area contributed by atoms with E-state index in [1.54, 1.807) is 12.1 Å². The first-order valence-electron chi connectivity index (χ1n) is 6.84. The first-order chi connectivity index (χ1) is 11.2. The second-order valence-corrected chi connectivity index (χ2v) is 6.36. The highest BCUT2D eigenvalue weighted by molar-refractivity contribution is 7.13. The van der Waals surface area contributed by atoms with Gasteiger partial charge in [-0.15, -0.1) is 16.4 Å². The van der Waals surface area contributed by atoms with Gasteiger partial charge in [0.1, 0.15) is 5.75 Å². The largest absolute Gasteiger partial charge is 0.467 e. The van der Waals surface area contributed by atoms with Gasteiger partial charge in [0.15, 0.2) is 6.79 Å². The van der Waals surface area contributed by atoms with E-state index < -0.39 is 5.76 Å². The van der Waals surface area contributed by atoms with Crippen molar-refractivity contribution in [3.63, 3.8) is 0 Å². The first-order valence-corrected chi connectivity index (χ1v) is 8.10. The van der Waals surface area contributed by atoms with E-state index in [0.29, 0.717) is 23.3 Å². The Morgan fingerprint density at radius 3 is 3.13 bits per heavy atom. The number of fused-ring (bicyclic) bond motifs is 1. The zero-order valence-electron chi connectivity index (χ0n) is 11.8. The molecule has 4 rings (SSSR count). The highest BCUT2D eigenvalue weighted by Crippen LogP contribution is 2.32. The highest BCUT2D eigenvalue weighted by Gasteiger charge is 2.19. The topological polar surface area (TPSA) is 66.5 Å². The fraction of sp³-hybridized carbons (Fsp3) is 0.200. The summed E-state index contributed by atoms with van der Waals surface area (Å²) in [5.41, 5.74) is 1.62. The molecule has 0 saturated carbocycles. The van der Waals surface area contributed by atoms with Gasteiger partial charge in [0, 0.05) is 16.1 Å². The number of ether oxygens (including phenoxy) is 2. The predicted octanol–water partition coefficient (Wildman–Crippen LogP) is 3.13. The predicted molar refractivity (Wildman–Crippen MR) is 84.9 cm³/mol. The van der Waals surface area contributed by atoms with Crippen molar-refractivity contribution in [2.24, 2.45) is 0 Å². The summed E-state index contributed by atoms with van der Waals surface area (Å²) >= 11 is 7.59. The Hall–Kier alpha value is -2.09. The maximum Gasteiger partial charge on any atom is 0.437 e. The number of hydrogen-bond acceptors (Lipinski definition) is 6. The van der Waals surface area contributed by atoms with Crippen molar-refractivity contribution >= 4 is 22.9 Å². The van der Waals surface area contributed by atoms with Crippen LogP contribution in [0.5, 0.6) is 5.75 Å². The quantitative estimate of drug-likeness (QED) is 0.726. The molecule has 1 aliphatic rings.